The van der Waals surface area contributed by atoms with Crippen LogP contribution < -0.4 is 10.6 Å². The Morgan fingerprint density at radius 2 is 2.06 bits per heavy atom. The van der Waals surface area contributed by atoms with Gasteiger partial charge in [0.2, 0.25) is 11.8 Å². The maximum Gasteiger partial charge on any atom is 0.243 e. The van der Waals surface area contributed by atoms with E-state index in [0.717, 1.165) is 0 Å². The van der Waals surface area contributed by atoms with Gasteiger partial charge in [0.1, 0.15) is 6.04 Å². The van der Waals surface area contributed by atoms with Crippen LogP contribution in [0.3, 0.4) is 0 Å². The fourth-order valence-corrected chi connectivity index (χ4v) is 1.41. The SMILES string of the molecule is CCOC(C)CNC(=O)C(CS)NC(C)=O. The van der Waals surface area contributed by atoms with Crippen molar-refractivity contribution in [3.63, 3.8) is 0 Å². The van der Waals surface area contributed by atoms with Crippen molar-refractivity contribution in [2.24, 2.45) is 0 Å². The van der Waals surface area contributed by atoms with Crippen LogP contribution in [-0.2, 0) is 14.3 Å². The second kappa shape index (κ2) is 8.41. The van der Waals surface area contributed by atoms with Gasteiger partial charge >= 0.3 is 0 Å². The summed E-state index contributed by atoms with van der Waals surface area (Å²) in [6.45, 7) is 6.17. The molecule has 5 nitrogen and oxygen atoms in total. The molecule has 2 amide bonds. The van der Waals surface area contributed by atoms with Crippen LogP contribution in [0, 0.1) is 0 Å². The summed E-state index contributed by atoms with van der Waals surface area (Å²) in [5.74, 6) is -0.210. The first kappa shape index (κ1) is 15.2. The molecule has 0 aliphatic carbocycles. The average Bonchev–Trinajstić information content (AvgIpc) is 2.22. The van der Waals surface area contributed by atoms with Crippen LogP contribution in [0.25, 0.3) is 0 Å². The topological polar surface area (TPSA) is 67.4 Å². The number of carbonyl (C=O) groups excluding carboxylic acids is 2. The third kappa shape index (κ3) is 6.68. The third-order valence-corrected chi connectivity index (χ3v) is 2.26. The molecule has 0 saturated carbocycles. The number of amides is 2. The van der Waals surface area contributed by atoms with E-state index < -0.39 is 6.04 Å². The number of hydrogen-bond acceptors (Lipinski definition) is 4. The first-order valence-electron chi connectivity index (χ1n) is 5.28. The zero-order valence-electron chi connectivity index (χ0n) is 9.95. The lowest BCUT2D eigenvalue weighted by Crippen LogP contribution is -2.48. The molecular formula is C10H20N2O3S. The second-order valence-corrected chi connectivity index (χ2v) is 3.81. The van der Waals surface area contributed by atoms with Crippen LogP contribution >= 0.6 is 12.6 Å². The molecule has 2 unspecified atom stereocenters. The van der Waals surface area contributed by atoms with Crippen LogP contribution in [0.1, 0.15) is 20.8 Å². The zero-order chi connectivity index (χ0) is 12.6. The van der Waals surface area contributed by atoms with Crippen molar-refractivity contribution < 1.29 is 14.3 Å². The van der Waals surface area contributed by atoms with Crippen molar-refractivity contribution in [2.45, 2.75) is 32.9 Å². The second-order valence-electron chi connectivity index (χ2n) is 3.45. The molecule has 0 fully saturated rings. The van der Waals surface area contributed by atoms with E-state index in [0.29, 0.717) is 13.2 Å². The highest BCUT2D eigenvalue weighted by molar-refractivity contribution is 7.80. The van der Waals surface area contributed by atoms with Gasteiger partial charge in [0.15, 0.2) is 0 Å². The van der Waals surface area contributed by atoms with Crippen molar-refractivity contribution in [3.05, 3.63) is 0 Å². The summed E-state index contributed by atoms with van der Waals surface area (Å²) in [4.78, 5) is 22.4. The Balaban J connectivity index is 3.97. The van der Waals surface area contributed by atoms with Crippen molar-refractivity contribution >= 4 is 24.4 Å². The molecule has 0 aliphatic heterocycles. The van der Waals surface area contributed by atoms with Gasteiger partial charge in [-0.3, -0.25) is 9.59 Å². The van der Waals surface area contributed by atoms with Gasteiger partial charge < -0.3 is 15.4 Å². The lowest BCUT2D eigenvalue weighted by molar-refractivity contribution is -0.127. The highest BCUT2D eigenvalue weighted by Gasteiger charge is 2.17. The van der Waals surface area contributed by atoms with Gasteiger partial charge in [0.05, 0.1) is 6.10 Å². The molecule has 94 valence electrons. The summed E-state index contributed by atoms with van der Waals surface area (Å²) in [6, 6.07) is -0.588. The normalized spacial score (nSPS) is 14.0. The summed E-state index contributed by atoms with van der Waals surface area (Å²) < 4.78 is 5.27. The minimum Gasteiger partial charge on any atom is -0.377 e. The molecule has 0 rings (SSSR count). The van der Waals surface area contributed by atoms with E-state index in [4.69, 9.17) is 4.74 Å². The van der Waals surface area contributed by atoms with E-state index in [2.05, 4.69) is 23.3 Å². The van der Waals surface area contributed by atoms with Crippen molar-refractivity contribution in [1.29, 1.82) is 0 Å². The highest BCUT2D eigenvalue weighted by Crippen LogP contribution is 1.91. The zero-order valence-corrected chi connectivity index (χ0v) is 10.8. The molecule has 0 aromatic heterocycles. The maximum absolute atomic E-state index is 11.6. The van der Waals surface area contributed by atoms with Gasteiger partial charge in [-0.15, -0.1) is 0 Å². The number of rotatable bonds is 7. The van der Waals surface area contributed by atoms with Crippen LogP contribution in [0.2, 0.25) is 0 Å². The molecule has 0 aromatic rings. The molecule has 2 N–H and O–H groups in total. The predicted octanol–water partition coefficient (Wildman–Crippen LogP) is -0.0379. The standard InChI is InChI=1S/C10H20N2O3S/c1-4-15-7(2)5-11-10(14)9(6-16)12-8(3)13/h7,9,16H,4-6H2,1-3H3,(H,11,14)(H,12,13). The van der Waals surface area contributed by atoms with Crippen LogP contribution in [0.5, 0.6) is 0 Å². The molecule has 0 bridgehead atoms. The van der Waals surface area contributed by atoms with Gasteiger partial charge in [-0.05, 0) is 13.8 Å². The Hall–Kier alpha value is -0.750. The minimum absolute atomic E-state index is 0.0353. The average molecular weight is 248 g/mol. The molecule has 2 atom stereocenters. The van der Waals surface area contributed by atoms with E-state index in [1.807, 2.05) is 13.8 Å². The minimum atomic E-state index is -0.588. The van der Waals surface area contributed by atoms with E-state index >= 15 is 0 Å². The van der Waals surface area contributed by atoms with E-state index in [1.165, 1.54) is 6.92 Å². The predicted molar refractivity (Wildman–Crippen MR) is 65.6 cm³/mol. The molecule has 0 aromatic carbocycles. The molecule has 0 spiro atoms. The molecule has 0 aliphatic rings. The number of ether oxygens (including phenoxy) is 1. The summed E-state index contributed by atoms with van der Waals surface area (Å²) >= 11 is 4.01. The van der Waals surface area contributed by atoms with Gasteiger partial charge in [0, 0.05) is 25.8 Å². The molecule has 16 heavy (non-hydrogen) atoms. The summed E-state index contributed by atoms with van der Waals surface area (Å²) in [7, 11) is 0. The number of hydrogen-bond donors (Lipinski definition) is 3. The summed E-state index contributed by atoms with van der Waals surface area (Å²) in [5.41, 5.74) is 0. The third-order valence-electron chi connectivity index (χ3n) is 1.89. The quantitative estimate of drug-likeness (QED) is 0.554. The molecule has 0 saturated heterocycles. The first-order chi connectivity index (χ1) is 7.51. The van der Waals surface area contributed by atoms with Gasteiger partial charge in [-0.1, -0.05) is 0 Å². The van der Waals surface area contributed by atoms with Crippen LogP contribution in [0.15, 0.2) is 0 Å². The lowest BCUT2D eigenvalue weighted by Gasteiger charge is -2.17. The van der Waals surface area contributed by atoms with Gasteiger partial charge in [-0.2, -0.15) is 12.6 Å². The van der Waals surface area contributed by atoms with Gasteiger partial charge in [-0.25, -0.2) is 0 Å². The number of carbonyl (C=O) groups is 2. The summed E-state index contributed by atoms with van der Waals surface area (Å²) in [5, 5.41) is 5.21. The van der Waals surface area contributed by atoms with E-state index in [-0.39, 0.29) is 23.7 Å². The van der Waals surface area contributed by atoms with Crippen LogP contribution in [-0.4, -0.2) is 42.9 Å². The molecule has 0 heterocycles. The Labute approximate surface area is 102 Å². The van der Waals surface area contributed by atoms with E-state index in [9.17, 15) is 9.59 Å². The Morgan fingerprint density at radius 1 is 1.44 bits per heavy atom. The Bertz CT molecular complexity index is 236. The van der Waals surface area contributed by atoms with Gasteiger partial charge in [0.25, 0.3) is 0 Å². The lowest BCUT2D eigenvalue weighted by atomic mass is 10.3. The molecule has 6 heteroatoms. The Kier molecular flexibility index (Phi) is 8.01. The largest absolute Gasteiger partial charge is 0.377 e. The summed E-state index contributed by atoms with van der Waals surface area (Å²) in [6.07, 6.45) is -0.0353. The smallest absolute Gasteiger partial charge is 0.243 e. The van der Waals surface area contributed by atoms with Crippen molar-refractivity contribution in [1.82, 2.24) is 10.6 Å². The molecular weight excluding hydrogens is 228 g/mol. The number of thiol groups is 1. The molecule has 0 radical (unpaired) electrons. The van der Waals surface area contributed by atoms with Crippen LogP contribution in [0.4, 0.5) is 0 Å². The number of nitrogens with one attached hydrogen (secondary N) is 2. The Morgan fingerprint density at radius 3 is 2.50 bits per heavy atom. The van der Waals surface area contributed by atoms with E-state index in [1.54, 1.807) is 0 Å². The fourth-order valence-electron chi connectivity index (χ4n) is 1.15. The van der Waals surface area contributed by atoms with Crippen molar-refractivity contribution in [2.75, 3.05) is 18.9 Å². The maximum atomic E-state index is 11.6. The first-order valence-corrected chi connectivity index (χ1v) is 5.91. The van der Waals surface area contributed by atoms with Crippen molar-refractivity contribution in [3.8, 4) is 0 Å². The highest BCUT2D eigenvalue weighted by atomic mass is 32.1. The monoisotopic (exact) mass is 248 g/mol. The fraction of sp³-hybridized carbons (Fsp3) is 0.800.